The minimum absolute atomic E-state index is 0.0163. The number of hydrogen-bond acceptors (Lipinski definition) is 4. The van der Waals surface area contributed by atoms with Crippen LogP contribution in [0.3, 0.4) is 0 Å². The number of nitrogens with one attached hydrogen (secondary N) is 1. The van der Waals surface area contributed by atoms with Crippen molar-refractivity contribution < 1.29 is 26.8 Å². The van der Waals surface area contributed by atoms with E-state index in [0.29, 0.717) is 30.3 Å². The van der Waals surface area contributed by atoms with E-state index < -0.39 is 11.7 Å². The fourth-order valence-electron chi connectivity index (χ4n) is 2.56. The molecule has 0 bridgehead atoms. The molecule has 0 fully saturated rings. The summed E-state index contributed by atoms with van der Waals surface area (Å²) in [6, 6.07) is 11.4. The van der Waals surface area contributed by atoms with Crippen molar-refractivity contribution in [2.24, 2.45) is 0 Å². The summed E-state index contributed by atoms with van der Waals surface area (Å²) in [5, 5.41) is 2.60. The van der Waals surface area contributed by atoms with Gasteiger partial charge in [0.05, 0.1) is 37.7 Å². The number of benzene rings is 1. The van der Waals surface area contributed by atoms with Crippen LogP contribution in [0.4, 0.5) is 18.9 Å². The molecule has 0 aliphatic rings. The maximum atomic E-state index is 12.6. The van der Waals surface area contributed by atoms with Crippen LogP contribution in [0.25, 0.3) is 0 Å². The van der Waals surface area contributed by atoms with Gasteiger partial charge in [0.1, 0.15) is 11.5 Å². The minimum Gasteiger partial charge on any atom is -0.468 e. The summed E-state index contributed by atoms with van der Waals surface area (Å²) >= 11 is 0. The third-order valence-electron chi connectivity index (χ3n) is 3.78. The molecule has 1 N–H and O–H groups in total. The summed E-state index contributed by atoms with van der Waals surface area (Å²) in [6.07, 6.45) is -1.32. The molecule has 3 rings (SSSR count). The molecule has 2 aromatic heterocycles. The number of rotatable bonds is 7. The standard InChI is InChI=1S/C19H17F3N2O3/c20-19(21,22)14-5-7-15(8-6-14)23-18(25)13-24(11-16-3-1-9-26-16)12-17-4-2-10-27-17/h1-10H,11-13H2,(H,23,25). The Labute approximate surface area is 153 Å². The third-order valence-corrected chi connectivity index (χ3v) is 3.78. The highest BCUT2D eigenvalue weighted by Crippen LogP contribution is 2.29. The first-order valence-corrected chi connectivity index (χ1v) is 8.14. The minimum atomic E-state index is -4.41. The number of alkyl halides is 3. The molecule has 0 aliphatic heterocycles. The normalized spacial score (nSPS) is 11.7. The summed E-state index contributed by atoms with van der Waals surface area (Å²) in [7, 11) is 0. The quantitative estimate of drug-likeness (QED) is 0.656. The van der Waals surface area contributed by atoms with E-state index in [1.807, 2.05) is 0 Å². The number of carbonyl (C=O) groups excluding carboxylic acids is 1. The van der Waals surface area contributed by atoms with E-state index in [4.69, 9.17) is 8.83 Å². The molecule has 0 unspecified atom stereocenters. The van der Waals surface area contributed by atoms with Crippen molar-refractivity contribution in [1.82, 2.24) is 4.90 Å². The topological polar surface area (TPSA) is 58.6 Å². The molecule has 1 amide bonds. The molecule has 0 radical (unpaired) electrons. The van der Waals surface area contributed by atoms with Gasteiger partial charge < -0.3 is 14.2 Å². The van der Waals surface area contributed by atoms with E-state index in [1.54, 1.807) is 41.7 Å². The van der Waals surface area contributed by atoms with Crippen molar-refractivity contribution in [1.29, 1.82) is 0 Å². The van der Waals surface area contributed by atoms with Gasteiger partial charge in [0.15, 0.2) is 0 Å². The van der Waals surface area contributed by atoms with Crippen LogP contribution >= 0.6 is 0 Å². The van der Waals surface area contributed by atoms with E-state index in [9.17, 15) is 18.0 Å². The molecule has 0 saturated carbocycles. The van der Waals surface area contributed by atoms with Crippen LogP contribution in [0.1, 0.15) is 17.1 Å². The maximum absolute atomic E-state index is 12.6. The average Bonchev–Trinajstić information content (AvgIpc) is 3.28. The molecule has 5 nitrogen and oxygen atoms in total. The summed E-state index contributed by atoms with van der Waals surface area (Å²) < 4.78 is 48.4. The zero-order valence-corrected chi connectivity index (χ0v) is 14.2. The first-order chi connectivity index (χ1) is 12.9. The SMILES string of the molecule is O=C(CN(Cc1ccco1)Cc1ccco1)Nc1ccc(C(F)(F)F)cc1. The van der Waals surface area contributed by atoms with Gasteiger partial charge in [-0.2, -0.15) is 13.2 Å². The van der Waals surface area contributed by atoms with Gasteiger partial charge in [-0.3, -0.25) is 9.69 Å². The van der Waals surface area contributed by atoms with Crippen LogP contribution in [0.2, 0.25) is 0 Å². The van der Waals surface area contributed by atoms with E-state index in [2.05, 4.69) is 5.32 Å². The molecule has 8 heteroatoms. The molecular formula is C19H17F3N2O3. The van der Waals surface area contributed by atoms with Crippen LogP contribution in [0.5, 0.6) is 0 Å². The van der Waals surface area contributed by atoms with Gasteiger partial charge in [-0.15, -0.1) is 0 Å². The van der Waals surface area contributed by atoms with Crippen molar-refractivity contribution in [2.45, 2.75) is 19.3 Å². The van der Waals surface area contributed by atoms with Gasteiger partial charge in [-0.25, -0.2) is 0 Å². The monoisotopic (exact) mass is 378 g/mol. The fourth-order valence-corrected chi connectivity index (χ4v) is 2.56. The predicted octanol–water partition coefficient (Wildman–Crippen LogP) is 4.53. The number of furan rings is 2. The Balaban J connectivity index is 1.63. The van der Waals surface area contributed by atoms with Gasteiger partial charge in [0.25, 0.3) is 0 Å². The van der Waals surface area contributed by atoms with Gasteiger partial charge in [0, 0.05) is 5.69 Å². The van der Waals surface area contributed by atoms with E-state index in [0.717, 1.165) is 12.1 Å². The van der Waals surface area contributed by atoms with Crippen LogP contribution in [-0.2, 0) is 24.1 Å². The highest BCUT2D eigenvalue weighted by atomic mass is 19.4. The van der Waals surface area contributed by atoms with Gasteiger partial charge in [0.2, 0.25) is 5.91 Å². The lowest BCUT2D eigenvalue weighted by atomic mass is 10.2. The van der Waals surface area contributed by atoms with Crippen molar-refractivity contribution in [3.63, 3.8) is 0 Å². The van der Waals surface area contributed by atoms with Crippen molar-refractivity contribution in [2.75, 3.05) is 11.9 Å². The first-order valence-electron chi connectivity index (χ1n) is 8.14. The molecule has 2 heterocycles. The maximum Gasteiger partial charge on any atom is 0.416 e. The Hall–Kier alpha value is -3.00. The predicted molar refractivity (Wildman–Crippen MR) is 91.6 cm³/mol. The lowest BCUT2D eigenvalue weighted by Crippen LogP contribution is -2.32. The highest BCUT2D eigenvalue weighted by Gasteiger charge is 2.30. The number of hydrogen-bond donors (Lipinski definition) is 1. The second-order valence-electron chi connectivity index (χ2n) is 5.93. The Kier molecular flexibility index (Phi) is 5.66. The Morgan fingerprint density at radius 2 is 1.48 bits per heavy atom. The van der Waals surface area contributed by atoms with Crippen LogP contribution in [-0.4, -0.2) is 17.4 Å². The fraction of sp³-hybridized carbons (Fsp3) is 0.211. The largest absolute Gasteiger partial charge is 0.468 e. The van der Waals surface area contributed by atoms with Crippen LogP contribution < -0.4 is 5.32 Å². The zero-order valence-electron chi connectivity index (χ0n) is 14.2. The Morgan fingerprint density at radius 3 is 1.93 bits per heavy atom. The number of nitrogens with zero attached hydrogens (tertiary/aromatic N) is 1. The molecule has 0 aliphatic carbocycles. The van der Waals surface area contributed by atoms with Gasteiger partial charge >= 0.3 is 6.18 Å². The van der Waals surface area contributed by atoms with Crippen LogP contribution in [0, 0.1) is 0 Å². The van der Waals surface area contributed by atoms with Crippen molar-refractivity contribution >= 4 is 11.6 Å². The van der Waals surface area contributed by atoms with Gasteiger partial charge in [-0.1, -0.05) is 0 Å². The molecule has 0 spiro atoms. The molecule has 0 atom stereocenters. The second kappa shape index (κ2) is 8.13. The van der Waals surface area contributed by atoms with E-state index >= 15 is 0 Å². The smallest absolute Gasteiger partial charge is 0.416 e. The number of halogens is 3. The molecule has 3 aromatic rings. The molecule has 1 aromatic carbocycles. The Bertz CT molecular complexity index is 805. The molecule has 142 valence electrons. The average molecular weight is 378 g/mol. The second-order valence-corrected chi connectivity index (χ2v) is 5.93. The third kappa shape index (κ3) is 5.49. The molecule has 0 saturated heterocycles. The number of anilines is 1. The summed E-state index contributed by atoms with van der Waals surface area (Å²) in [5.41, 5.74) is -0.471. The lowest BCUT2D eigenvalue weighted by molar-refractivity contribution is -0.137. The summed E-state index contributed by atoms with van der Waals surface area (Å²) in [4.78, 5) is 14.1. The van der Waals surface area contributed by atoms with Gasteiger partial charge in [-0.05, 0) is 48.5 Å². The molecule has 27 heavy (non-hydrogen) atoms. The Morgan fingerprint density at radius 1 is 0.926 bits per heavy atom. The lowest BCUT2D eigenvalue weighted by Gasteiger charge is -2.19. The number of amides is 1. The zero-order chi connectivity index (χ0) is 19.3. The highest BCUT2D eigenvalue weighted by molar-refractivity contribution is 5.92. The summed E-state index contributed by atoms with van der Waals surface area (Å²) in [6.45, 7) is 0.782. The molecular weight excluding hydrogens is 361 g/mol. The number of carbonyl (C=O) groups is 1. The van der Waals surface area contributed by atoms with E-state index in [1.165, 1.54) is 12.1 Å². The first kappa shape index (κ1) is 18.8. The van der Waals surface area contributed by atoms with Crippen molar-refractivity contribution in [3.8, 4) is 0 Å². The van der Waals surface area contributed by atoms with Crippen molar-refractivity contribution in [3.05, 3.63) is 78.1 Å². The summed E-state index contributed by atoms with van der Waals surface area (Å²) in [5.74, 6) is 1.01. The van der Waals surface area contributed by atoms with E-state index in [-0.39, 0.29) is 12.5 Å². The van der Waals surface area contributed by atoms with Crippen LogP contribution in [0.15, 0.2) is 69.9 Å².